The lowest BCUT2D eigenvalue weighted by Crippen LogP contribution is -2.53. The van der Waals surface area contributed by atoms with Crippen LogP contribution >= 0.6 is 0 Å². The summed E-state index contributed by atoms with van der Waals surface area (Å²) in [5.74, 6) is 2.28. The Morgan fingerprint density at radius 3 is 2.77 bits per heavy atom. The average Bonchev–Trinajstić information content (AvgIpc) is 2.95. The zero-order valence-corrected chi connectivity index (χ0v) is 16.3. The van der Waals surface area contributed by atoms with E-state index in [0.717, 1.165) is 48.2 Å². The van der Waals surface area contributed by atoms with Crippen LogP contribution in [0.3, 0.4) is 0 Å². The number of rotatable bonds is 6. The SMILES string of the molecule is COc1cc(CN2CC(C)NCC2C)ccc1OCc1c(C)noc1C. The minimum atomic E-state index is 0.420. The van der Waals surface area contributed by atoms with Gasteiger partial charge in [0.2, 0.25) is 0 Å². The third-order valence-corrected chi connectivity index (χ3v) is 5.06. The van der Waals surface area contributed by atoms with E-state index < -0.39 is 0 Å². The molecule has 0 bridgehead atoms. The summed E-state index contributed by atoms with van der Waals surface area (Å²) in [4.78, 5) is 2.50. The number of piperazine rings is 1. The first-order valence-corrected chi connectivity index (χ1v) is 9.16. The highest BCUT2D eigenvalue weighted by Crippen LogP contribution is 2.30. The molecule has 142 valence electrons. The van der Waals surface area contributed by atoms with Gasteiger partial charge in [0.25, 0.3) is 0 Å². The van der Waals surface area contributed by atoms with E-state index in [1.165, 1.54) is 5.56 Å². The second-order valence-electron chi connectivity index (χ2n) is 7.16. The monoisotopic (exact) mass is 359 g/mol. The van der Waals surface area contributed by atoms with Gasteiger partial charge in [-0.25, -0.2) is 0 Å². The van der Waals surface area contributed by atoms with Gasteiger partial charge in [-0.15, -0.1) is 0 Å². The van der Waals surface area contributed by atoms with Crippen molar-refractivity contribution < 1.29 is 14.0 Å². The molecule has 26 heavy (non-hydrogen) atoms. The molecule has 6 heteroatoms. The molecular weight excluding hydrogens is 330 g/mol. The zero-order chi connectivity index (χ0) is 18.7. The van der Waals surface area contributed by atoms with Crippen LogP contribution in [0.15, 0.2) is 22.7 Å². The summed E-state index contributed by atoms with van der Waals surface area (Å²) in [7, 11) is 1.68. The van der Waals surface area contributed by atoms with Crippen molar-refractivity contribution in [1.29, 1.82) is 0 Å². The lowest BCUT2D eigenvalue weighted by molar-refractivity contribution is 0.138. The number of aromatic nitrogens is 1. The standard InChI is InChI=1S/C20H29N3O3/c1-13-10-23(14(2)9-21-13)11-17-6-7-19(20(8-17)24-5)25-12-18-15(3)22-26-16(18)4/h6-8,13-14,21H,9-12H2,1-5H3. The number of hydrogen-bond donors (Lipinski definition) is 1. The van der Waals surface area contributed by atoms with Crippen LogP contribution < -0.4 is 14.8 Å². The van der Waals surface area contributed by atoms with Gasteiger partial charge in [0.05, 0.1) is 18.4 Å². The molecule has 1 aromatic heterocycles. The molecule has 2 unspecified atom stereocenters. The highest BCUT2D eigenvalue weighted by atomic mass is 16.5. The summed E-state index contributed by atoms with van der Waals surface area (Å²) in [6.07, 6.45) is 0. The van der Waals surface area contributed by atoms with Gasteiger partial charge in [-0.1, -0.05) is 11.2 Å². The van der Waals surface area contributed by atoms with Gasteiger partial charge < -0.3 is 19.3 Å². The highest BCUT2D eigenvalue weighted by Gasteiger charge is 2.22. The van der Waals surface area contributed by atoms with Crippen molar-refractivity contribution in [2.24, 2.45) is 0 Å². The van der Waals surface area contributed by atoms with Crippen molar-refractivity contribution in [2.75, 3.05) is 20.2 Å². The van der Waals surface area contributed by atoms with Gasteiger partial charge in [-0.2, -0.15) is 0 Å². The molecule has 2 atom stereocenters. The fraction of sp³-hybridized carbons (Fsp3) is 0.550. The Kier molecular flexibility index (Phi) is 5.84. The lowest BCUT2D eigenvalue weighted by Gasteiger charge is -2.37. The number of aryl methyl sites for hydroxylation is 2. The van der Waals surface area contributed by atoms with Gasteiger partial charge >= 0.3 is 0 Å². The topological polar surface area (TPSA) is 59.8 Å². The maximum atomic E-state index is 5.97. The van der Waals surface area contributed by atoms with Crippen molar-refractivity contribution in [3.63, 3.8) is 0 Å². The Balaban J connectivity index is 1.69. The number of nitrogens with zero attached hydrogens (tertiary/aromatic N) is 2. The van der Waals surface area contributed by atoms with Crippen LogP contribution in [0.1, 0.15) is 36.4 Å². The molecule has 0 saturated carbocycles. The molecule has 2 heterocycles. The molecule has 1 N–H and O–H groups in total. The number of methoxy groups -OCH3 is 1. The molecule has 6 nitrogen and oxygen atoms in total. The quantitative estimate of drug-likeness (QED) is 0.855. The Morgan fingerprint density at radius 2 is 2.08 bits per heavy atom. The molecule has 1 saturated heterocycles. The number of nitrogens with one attached hydrogen (secondary N) is 1. The summed E-state index contributed by atoms with van der Waals surface area (Å²) in [5.41, 5.74) is 3.08. The van der Waals surface area contributed by atoms with E-state index >= 15 is 0 Å². The Bertz CT molecular complexity index is 724. The Labute approximate surface area is 155 Å². The Hall–Kier alpha value is -2.05. The minimum Gasteiger partial charge on any atom is -0.493 e. The first kappa shape index (κ1) is 18.7. The predicted octanol–water partition coefficient (Wildman–Crippen LogP) is 3.06. The maximum Gasteiger partial charge on any atom is 0.161 e. The summed E-state index contributed by atoms with van der Waals surface area (Å²) in [6, 6.07) is 7.22. The largest absolute Gasteiger partial charge is 0.493 e. The van der Waals surface area contributed by atoms with Crippen molar-refractivity contribution in [1.82, 2.24) is 15.4 Å². The van der Waals surface area contributed by atoms with Crippen LogP contribution in [0.2, 0.25) is 0 Å². The van der Waals surface area contributed by atoms with E-state index in [4.69, 9.17) is 14.0 Å². The van der Waals surface area contributed by atoms with Gasteiger partial charge in [-0.05, 0) is 45.4 Å². The van der Waals surface area contributed by atoms with E-state index in [0.29, 0.717) is 18.7 Å². The average molecular weight is 359 g/mol. The van der Waals surface area contributed by atoms with Gasteiger partial charge in [0.15, 0.2) is 11.5 Å². The molecule has 0 aliphatic carbocycles. The Morgan fingerprint density at radius 1 is 1.27 bits per heavy atom. The molecule has 0 spiro atoms. The van der Waals surface area contributed by atoms with Crippen LogP contribution in [0.4, 0.5) is 0 Å². The molecule has 1 aromatic carbocycles. The van der Waals surface area contributed by atoms with Crippen molar-refractivity contribution in [3.8, 4) is 11.5 Å². The lowest BCUT2D eigenvalue weighted by atomic mass is 10.1. The summed E-state index contributed by atoms with van der Waals surface area (Å²) >= 11 is 0. The van der Waals surface area contributed by atoms with Crippen LogP contribution in [-0.2, 0) is 13.2 Å². The van der Waals surface area contributed by atoms with Crippen LogP contribution in [0.5, 0.6) is 11.5 Å². The fourth-order valence-corrected chi connectivity index (χ4v) is 3.34. The number of benzene rings is 1. The molecule has 1 fully saturated rings. The molecule has 1 aliphatic heterocycles. The van der Waals surface area contributed by atoms with Gasteiger partial charge in [-0.3, -0.25) is 4.90 Å². The van der Waals surface area contributed by atoms with E-state index in [1.807, 2.05) is 19.9 Å². The number of ether oxygens (including phenoxy) is 2. The maximum absolute atomic E-state index is 5.97. The molecule has 0 amide bonds. The number of hydrogen-bond acceptors (Lipinski definition) is 6. The molecule has 2 aromatic rings. The van der Waals surface area contributed by atoms with Crippen molar-refractivity contribution >= 4 is 0 Å². The van der Waals surface area contributed by atoms with Crippen LogP contribution in [0, 0.1) is 13.8 Å². The second-order valence-corrected chi connectivity index (χ2v) is 7.16. The first-order valence-electron chi connectivity index (χ1n) is 9.16. The van der Waals surface area contributed by atoms with E-state index in [-0.39, 0.29) is 0 Å². The van der Waals surface area contributed by atoms with Gasteiger partial charge in [0, 0.05) is 31.7 Å². The van der Waals surface area contributed by atoms with Crippen molar-refractivity contribution in [2.45, 2.75) is 52.9 Å². The molecular formula is C20H29N3O3. The molecule has 0 radical (unpaired) electrons. The fourth-order valence-electron chi connectivity index (χ4n) is 3.34. The molecule has 3 rings (SSSR count). The molecule has 1 aliphatic rings. The minimum absolute atomic E-state index is 0.420. The van der Waals surface area contributed by atoms with Gasteiger partial charge in [0.1, 0.15) is 12.4 Å². The third kappa shape index (κ3) is 4.19. The van der Waals surface area contributed by atoms with Crippen LogP contribution in [-0.4, -0.2) is 42.3 Å². The van der Waals surface area contributed by atoms with Crippen LogP contribution in [0.25, 0.3) is 0 Å². The summed E-state index contributed by atoms with van der Waals surface area (Å²) in [5, 5.41) is 7.49. The highest BCUT2D eigenvalue weighted by molar-refractivity contribution is 5.43. The normalized spacial score (nSPS) is 21.0. The van der Waals surface area contributed by atoms with E-state index in [9.17, 15) is 0 Å². The first-order chi connectivity index (χ1) is 12.5. The van der Waals surface area contributed by atoms with Crippen molar-refractivity contribution in [3.05, 3.63) is 40.8 Å². The van der Waals surface area contributed by atoms with E-state index in [1.54, 1.807) is 7.11 Å². The third-order valence-electron chi connectivity index (χ3n) is 5.06. The predicted molar refractivity (Wildman–Crippen MR) is 101 cm³/mol. The summed E-state index contributed by atoms with van der Waals surface area (Å²) in [6.45, 7) is 11.7. The van der Waals surface area contributed by atoms with E-state index in [2.05, 4.69) is 41.4 Å². The smallest absolute Gasteiger partial charge is 0.161 e. The summed E-state index contributed by atoms with van der Waals surface area (Å²) < 4.78 is 16.7. The zero-order valence-electron chi connectivity index (χ0n) is 16.3. The second kappa shape index (κ2) is 8.10.